The van der Waals surface area contributed by atoms with E-state index in [-0.39, 0.29) is 11.6 Å². The van der Waals surface area contributed by atoms with Crippen LogP contribution in [0.3, 0.4) is 0 Å². The Balaban J connectivity index is 1.67. The number of thiophene rings is 1. The van der Waals surface area contributed by atoms with Crippen molar-refractivity contribution >= 4 is 17.2 Å². The van der Waals surface area contributed by atoms with Gasteiger partial charge >= 0.3 is 0 Å². The van der Waals surface area contributed by atoms with E-state index in [0.717, 1.165) is 10.6 Å². The normalized spacial score (nSPS) is 10.7. The lowest BCUT2D eigenvalue weighted by Gasteiger charge is -2.02. The molecule has 102 valence electrons. The molecular weight excluding hydrogens is 276 g/mol. The summed E-state index contributed by atoms with van der Waals surface area (Å²) < 4.78 is 6.88. The highest BCUT2D eigenvalue weighted by atomic mass is 32.1. The quantitative estimate of drug-likeness (QED) is 0.797. The number of nitrogens with one attached hydrogen (secondary N) is 1. The second-order valence-electron chi connectivity index (χ2n) is 4.18. The van der Waals surface area contributed by atoms with E-state index in [1.807, 2.05) is 30.6 Å². The molecular formula is C13H12N4O2S. The van der Waals surface area contributed by atoms with E-state index in [2.05, 4.69) is 15.6 Å². The summed E-state index contributed by atoms with van der Waals surface area (Å²) in [6.07, 6.45) is 1.69. The van der Waals surface area contributed by atoms with Crippen LogP contribution in [0, 0.1) is 0 Å². The van der Waals surface area contributed by atoms with Gasteiger partial charge in [0, 0.05) is 19.3 Å². The van der Waals surface area contributed by atoms with E-state index in [4.69, 9.17) is 4.52 Å². The Morgan fingerprint density at radius 2 is 2.40 bits per heavy atom. The maximum absolute atomic E-state index is 12.0. The highest BCUT2D eigenvalue weighted by Gasteiger charge is 2.14. The van der Waals surface area contributed by atoms with Crippen molar-refractivity contribution in [3.05, 3.63) is 47.2 Å². The molecule has 0 aromatic carbocycles. The van der Waals surface area contributed by atoms with Gasteiger partial charge in [0.15, 0.2) is 11.5 Å². The first-order valence-corrected chi connectivity index (χ1v) is 6.87. The van der Waals surface area contributed by atoms with Crippen LogP contribution >= 0.6 is 11.3 Å². The van der Waals surface area contributed by atoms with Gasteiger partial charge in [-0.3, -0.25) is 9.48 Å². The Morgan fingerprint density at radius 1 is 1.50 bits per heavy atom. The van der Waals surface area contributed by atoms with E-state index in [1.165, 1.54) is 11.3 Å². The first-order valence-electron chi connectivity index (χ1n) is 6.00. The van der Waals surface area contributed by atoms with Crippen LogP contribution in [0.15, 0.2) is 40.4 Å². The number of aromatic nitrogens is 3. The molecule has 0 saturated carbocycles. The summed E-state index contributed by atoms with van der Waals surface area (Å²) in [7, 11) is 1.83. The summed E-state index contributed by atoms with van der Waals surface area (Å²) in [6, 6.07) is 7.33. The zero-order valence-corrected chi connectivity index (χ0v) is 11.6. The van der Waals surface area contributed by atoms with Crippen molar-refractivity contribution in [3.8, 4) is 10.6 Å². The van der Waals surface area contributed by atoms with Crippen molar-refractivity contribution < 1.29 is 9.32 Å². The SMILES string of the molecule is Cn1nccc1CNC(=O)c1cc(-c2cccs2)on1. The van der Waals surface area contributed by atoms with Gasteiger partial charge in [0.1, 0.15) is 0 Å². The summed E-state index contributed by atoms with van der Waals surface area (Å²) >= 11 is 1.54. The van der Waals surface area contributed by atoms with Crippen LogP contribution < -0.4 is 5.32 Å². The van der Waals surface area contributed by atoms with E-state index < -0.39 is 0 Å². The van der Waals surface area contributed by atoms with Gasteiger partial charge in [0.2, 0.25) is 0 Å². The van der Waals surface area contributed by atoms with Crippen LogP contribution in [-0.4, -0.2) is 20.8 Å². The van der Waals surface area contributed by atoms with Gasteiger partial charge < -0.3 is 9.84 Å². The number of hydrogen-bond acceptors (Lipinski definition) is 5. The van der Waals surface area contributed by atoms with Crippen LogP contribution in [-0.2, 0) is 13.6 Å². The number of rotatable bonds is 4. The van der Waals surface area contributed by atoms with Crippen LogP contribution in [0.4, 0.5) is 0 Å². The third kappa shape index (κ3) is 2.48. The van der Waals surface area contributed by atoms with E-state index in [0.29, 0.717) is 12.3 Å². The molecule has 20 heavy (non-hydrogen) atoms. The average Bonchev–Trinajstić information content (AvgIpc) is 3.17. The molecule has 7 heteroatoms. The second kappa shape index (κ2) is 5.30. The largest absolute Gasteiger partial charge is 0.355 e. The molecule has 0 aliphatic carbocycles. The maximum Gasteiger partial charge on any atom is 0.273 e. The molecule has 0 saturated heterocycles. The summed E-state index contributed by atoms with van der Waals surface area (Å²) in [5.41, 5.74) is 1.19. The Labute approximate surface area is 119 Å². The molecule has 0 fully saturated rings. The molecule has 3 rings (SSSR count). The van der Waals surface area contributed by atoms with Gasteiger partial charge in [0.05, 0.1) is 17.1 Å². The van der Waals surface area contributed by atoms with Gasteiger partial charge in [-0.1, -0.05) is 11.2 Å². The molecule has 0 aliphatic heterocycles. The minimum Gasteiger partial charge on any atom is -0.355 e. The standard InChI is InChI=1S/C13H12N4O2S/c1-17-9(4-5-15-17)8-14-13(18)10-7-11(19-16-10)12-3-2-6-20-12/h2-7H,8H2,1H3,(H,14,18). The molecule has 0 spiro atoms. The predicted molar refractivity (Wildman–Crippen MR) is 74.2 cm³/mol. The molecule has 0 radical (unpaired) electrons. The topological polar surface area (TPSA) is 73.0 Å². The van der Waals surface area contributed by atoms with Crippen LogP contribution in [0.2, 0.25) is 0 Å². The lowest BCUT2D eigenvalue weighted by Crippen LogP contribution is -2.24. The minimum atomic E-state index is -0.266. The van der Waals surface area contributed by atoms with Crippen LogP contribution in [0.1, 0.15) is 16.2 Å². The summed E-state index contributed by atoms with van der Waals surface area (Å²) in [6.45, 7) is 0.399. The number of nitrogens with zero attached hydrogens (tertiary/aromatic N) is 3. The summed E-state index contributed by atoms with van der Waals surface area (Å²) in [5, 5.41) is 12.6. The minimum absolute atomic E-state index is 0.266. The van der Waals surface area contributed by atoms with Gasteiger partial charge in [-0.15, -0.1) is 11.3 Å². The number of aryl methyl sites for hydroxylation is 1. The first kappa shape index (κ1) is 12.6. The molecule has 6 nitrogen and oxygen atoms in total. The number of carbonyl (C=O) groups is 1. The van der Waals surface area contributed by atoms with Crippen LogP contribution in [0.25, 0.3) is 10.6 Å². The van der Waals surface area contributed by atoms with Gasteiger partial charge in [0.25, 0.3) is 5.91 Å². The third-order valence-electron chi connectivity index (χ3n) is 2.86. The van der Waals surface area contributed by atoms with E-state index in [9.17, 15) is 4.79 Å². The van der Waals surface area contributed by atoms with Gasteiger partial charge in [-0.25, -0.2) is 0 Å². The summed E-state index contributed by atoms with van der Waals surface area (Å²) in [4.78, 5) is 12.9. The fourth-order valence-corrected chi connectivity index (χ4v) is 2.43. The zero-order valence-electron chi connectivity index (χ0n) is 10.7. The van der Waals surface area contributed by atoms with Crippen molar-refractivity contribution in [2.75, 3.05) is 0 Å². The van der Waals surface area contributed by atoms with Crippen molar-refractivity contribution in [1.82, 2.24) is 20.3 Å². The lowest BCUT2D eigenvalue weighted by molar-refractivity contribution is 0.0941. The average molecular weight is 288 g/mol. The monoisotopic (exact) mass is 288 g/mol. The first-order chi connectivity index (χ1) is 9.74. The van der Waals surface area contributed by atoms with Crippen LogP contribution in [0.5, 0.6) is 0 Å². The molecule has 3 aromatic rings. The zero-order chi connectivity index (χ0) is 13.9. The summed E-state index contributed by atoms with van der Waals surface area (Å²) in [5.74, 6) is 0.337. The second-order valence-corrected chi connectivity index (χ2v) is 5.13. The van der Waals surface area contributed by atoms with E-state index in [1.54, 1.807) is 16.9 Å². The number of amides is 1. The highest BCUT2D eigenvalue weighted by Crippen LogP contribution is 2.24. The Morgan fingerprint density at radius 3 is 3.10 bits per heavy atom. The number of hydrogen-bond donors (Lipinski definition) is 1. The van der Waals surface area contributed by atoms with Gasteiger partial charge in [-0.05, 0) is 17.5 Å². The van der Waals surface area contributed by atoms with Crippen molar-refractivity contribution in [2.45, 2.75) is 6.54 Å². The Bertz CT molecular complexity index is 714. The highest BCUT2D eigenvalue weighted by molar-refractivity contribution is 7.13. The maximum atomic E-state index is 12.0. The molecule has 0 atom stereocenters. The molecule has 0 aliphatic rings. The molecule has 1 amide bonds. The Kier molecular flexibility index (Phi) is 3.34. The smallest absolute Gasteiger partial charge is 0.273 e. The molecule has 0 unspecified atom stereocenters. The molecule has 3 heterocycles. The fourth-order valence-electron chi connectivity index (χ4n) is 1.75. The number of carbonyl (C=O) groups excluding carboxylic acids is 1. The van der Waals surface area contributed by atoms with Gasteiger partial charge in [-0.2, -0.15) is 5.10 Å². The lowest BCUT2D eigenvalue weighted by atomic mass is 10.3. The van der Waals surface area contributed by atoms with Crippen molar-refractivity contribution in [1.29, 1.82) is 0 Å². The third-order valence-corrected chi connectivity index (χ3v) is 3.74. The molecule has 1 N–H and O–H groups in total. The van der Waals surface area contributed by atoms with Crippen molar-refractivity contribution in [2.24, 2.45) is 7.05 Å². The van der Waals surface area contributed by atoms with E-state index >= 15 is 0 Å². The fraction of sp³-hybridized carbons (Fsp3) is 0.154. The Hall–Kier alpha value is -2.41. The van der Waals surface area contributed by atoms with Crippen molar-refractivity contribution in [3.63, 3.8) is 0 Å². The molecule has 3 aromatic heterocycles. The predicted octanol–water partition coefficient (Wildman–Crippen LogP) is 2.07. The molecule has 0 bridgehead atoms.